The number of hydrogen-bond donors (Lipinski definition) is 3. The molecule has 0 bridgehead atoms. The van der Waals surface area contributed by atoms with Crippen LogP contribution in [0.3, 0.4) is 0 Å². The molecule has 0 aliphatic carbocycles. The number of pyridine rings is 1. The van der Waals surface area contributed by atoms with E-state index < -0.39 is 11.9 Å². The molecule has 9 heteroatoms. The Bertz CT molecular complexity index is 1270. The van der Waals surface area contributed by atoms with E-state index in [1.165, 1.54) is 16.0 Å². The number of carbonyl (C=O) groups excluding carboxylic acids is 3. The first-order valence-electron chi connectivity index (χ1n) is 15.7. The molecule has 1 saturated heterocycles. The summed E-state index contributed by atoms with van der Waals surface area (Å²) in [6.07, 6.45) is 6.47. The lowest BCUT2D eigenvalue weighted by atomic mass is 9.88. The first kappa shape index (κ1) is 32.8. The highest BCUT2D eigenvalue weighted by Crippen LogP contribution is 2.27. The molecule has 1 aliphatic heterocycles. The summed E-state index contributed by atoms with van der Waals surface area (Å²) < 4.78 is 0. The van der Waals surface area contributed by atoms with Crippen molar-refractivity contribution in [1.82, 2.24) is 25.4 Å². The molecule has 44 heavy (non-hydrogen) atoms. The number of aromatic nitrogens is 1. The lowest BCUT2D eigenvalue weighted by Gasteiger charge is -2.28. The van der Waals surface area contributed by atoms with Crippen LogP contribution < -0.4 is 16.4 Å². The molecule has 3 aromatic rings. The molecular weight excluding hydrogens is 552 g/mol. The van der Waals surface area contributed by atoms with Crippen molar-refractivity contribution in [2.75, 3.05) is 39.8 Å². The summed E-state index contributed by atoms with van der Waals surface area (Å²) in [5.74, 6) is -0.926. The summed E-state index contributed by atoms with van der Waals surface area (Å²) in [6.45, 7) is 1.83. The highest BCUT2D eigenvalue weighted by Gasteiger charge is 2.29. The number of benzene rings is 2. The van der Waals surface area contributed by atoms with Gasteiger partial charge in [0.25, 0.3) is 0 Å². The fourth-order valence-electron chi connectivity index (χ4n) is 6.02. The first-order chi connectivity index (χ1) is 21.4. The predicted octanol–water partition coefficient (Wildman–Crippen LogP) is 3.11. The van der Waals surface area contributed by atoms with Crippen molar-refractivity contribution in [3.63, 3.8) is 0 Å². The van der Waals surface area contributed by atoms with E-state index in [9.17, 15) is 14.4 Å². The second kappa shape index (κ2) is 17.3. The zero-order valence-corrected chi connectivity index (χ0v) is 25.7. The van der Waals surface area contributed by atoms with E-state index in [1.54, 1.807) is 6.20 Å². The zero-order chi connectivity index (χ0) is 31.1. The number of hydrogen-bond acceptors (Lipinski definition) is 6. The Morgan fingerprint density at radius 1 is 0.977 bits per heavy atom. The smallest absolute Gasteiger partial charge is 0.245 e. The van der Waals surface area contributed by atoms with Crippen molar-refractivity contribution in [3.05, 3.63) is 102 Å². The van der Waals surface area contributed by atoms with Gasteiger partial charge < -0.3 is 26.2 Å². The maximum atomic E-state index is 13.8. The number of nitrogens with zero attached hydrogens (tertiary/aromatic N) is 3. The standard InChI is InChI=1S/C35H46N6O3/c1-40-23-10-16-30(40)17-18-32(35(44)41(26-33(36)42)24-20-29-15-8-9-21-38-29)39-34(43)25-37-22-19-31(27-11-4-2-5-12-27)28-13-6-3-7-14-28/h2-9,11-15,21,30-32,37H,10,16-20,22-26H2,1H3,(H2,36,42)(H,39,43)/t30-,32?/m0/s1. The molecule has 0 spiro atoms. The number of nitrogens with one attached hydrogen (secondary N) is 2. The molecule has 234 valence electrons. The fourth-order valence-corrected chi connectivity index (χ4v) is 6.02. The van der Waals surface area contributed by atoms with Gasteiger partial charge in [-0.2, -0.15) is 0 Å². The quantitative estimate of drug-likeness (QED) is 0.206. The number of nitrogens with two attached hydrogens (primary N) is 1. The van der Waals surface area contributed by atoms with Crippen molar-refractivity contribution in [2.45, 2.75) is 56.5 Å². The van der Waals surface area contributed by atoms with E-state index in [0.29, 0.717) is 25.4 Å². The summed E-state index contributed by atoms with van der Waals surface area (Å²) in [5, 5.41) is 6.26. The molecular formula is C35H46N6O3. The van der Waals surface area contributed by atoms with Crippen molar-refractivity contribution < 1.29 is 14.4 Å². The molecule has 1 aromatic heterocycles. The summed E-state index contributed by atoms with van der Waals surface area (Å²) >= 11 is 0. The van der Waals surface area contributed by atoms with Gasteiger partial charge in [0.15, 0.2) is 0 Å². The Labute approximate surface area is 261 Å². The number of primary amides is 1. The molecule has 4 rings (SSSR count). The molecule has 0 radical (unpaired) electrons. The maximum Gasteiger partial charge on any atom is 0.245 e. The van der Waals surface area contributed by atoms with Gasteiger partial charge in [-0.15, -0.1) is 0 Å². The van der Waals surface area contributed by atoms with Crippen molar-refractivity contribution in [2.24, 2.45) is 5.73 Å². The number of rotatable bonds is 17. The van der Waals surface area contributed by atoms with Crippen molar-refractivity contribution in [1.29, 1.82) is 0 Å². The first-order valence-corrected chi connectivity index (χ1v) is 15.7. The average molecular weight is 599 g/mol. The minimum absolute atomic E-state index is 0.0904. The van der Waals surface area contributed by atoms with Crippen LogP contribution in [0.2, 0.25) is 0 Å². The summed E-state index contributed by atoms with van der Waals surface area (Å²) in [6, 6.07) is 26.0. The van der Waals surface area contributed by atoms with Gasteiger partial charge >= 0.3 is 0 Å². The van der Waals surface area contributed by atoms with Crippen LogP contribution in [0.4, 0.5) is 0 Å². The van der Waals surface area contributed by atoms with E-state index in [0.717, 1.165) is 37.9 Å². The molecule has 1 unspecified atom stereocenters. The summed E-state index contributed by atoms with van der Waals surface area (Å²) in [5.41, 5.74) is 8.81. The summed E-state index contributed by atoms with van der Waals surface area (Å²) in [4.78, 5) is 47.0. The van der Waals surface area contributed by atoms with Crippen LogP contribution in [0.5, 0.6) is 0 Å². The molecule has 2 heterocycles. The Hall–Kier alpha value is -4.08. The van der Waals surface area contributed by atoms with E-state index >= 15 is 0 Å². The monoisotopic (exact) mass is 598 g/mol. The molecule has 2 atom stereocenters. The molecule has 4 N–H and O–H groups in total. The van der Waals surface area contributed by atoms with Gasteiger partial charge in [-0.05, 0) is 75.5 Å². The van der Waals surface area contributed by atoms with Crippen LogP contribution in [0.1, 0.15) is 54.8 Å². The minimum Gasteiger partial charge on any atom is -0.368 e. The van der Waals surface area contributed by atoms with Gasteiger partial charge in [-0.1, -0.05) is 66.7 Å². The van der Waals surface area contributed by atoms with Crippen molar-refractivity contribution in [3.8, 4) is 0 Å². The van der Waals surface area contributed by atoms with Gasteiger partial charge in [0.1, 0.15) is 6.04 Å². The SMILES string of the molecule is CN1CCC[C@H]1CCC(NC(=O)CNCCC(c1ccccc1)c1ccccc1)C(=O)N(CCc1ccccn1)CC(N)=O. The number of likely N-dealkylation sites (tertiary alicyclic amines) is 1. The Morgan fingerprint density at radius 2 is 1.66 bits per heavy atom. The minimum atomic E-state index is -0.747. The van der Waals surface area contributed by atoms with Gasteiger partial charge in [-0.25, -0.2) is 0 Å². The van der Waals surface area contributed by atoms with Gasteiger partial charge in [0.2, 0.25) is 17.7 Å². The average Bonchev–Trinajstić information content (AvgIpc) is 3.46. The third-order valence-corrected chi connectivity index (χ3v) is 8.42. The van der Waals surface area contributed by atoms with E-state index in [1.807, 2.05) is 54.6 Å². The van der Waals surface area contributed by atoms with Crippen LogP contribution >= 0.6 is 0 Å². The Balaban J connectivity index is 1.37. The summed E-state index contributed by atoms with van der Waals surface area (Å²) in [7, 11) is 2.10. The second-order valence-corrected chi connectivity index (χ2v) is 11.6. The van der Waals surface area contributed by atoms with Gasteiger partial charge in [0.05, 0.1) is 13.1 Å². The lowest BCUT2D eigenvalue weighted by molar-refractivity contribution is -0.139. The van der Waals surface area contributed by atoms with Crippen molar-refractivity contribution >= 4 is 17.7 Å². The van der Waals surface area contributed by atoms with Crippen LogP contribution in [-0.2, 0) is 20.8 Å². The zero-order valence-electron chi connectivity index (χ0n) is 25.7. The maximum absolute atomic E-state index is 13.8. The normalized spacial score (nSPS) is 15.6. The molecule has 3 amide bonds. The number of amides is 3. The number of carbonyl (C=O) groups is 3. The van der Waals surface area contributed by atoms with Gasteiger partial charge in [0, 0.05) is 36.8 Å². The lowest BCUT2D eigenvalue weighted by Crippen LogP contribution is -2.52. The molecule has 1 fully saturated rings. The van der Waals surface area contributed by atoms with Gasteiger partial charge in [-0.3, -0.25) is 19.4 Å². The Kier molecular flexibility index (Phi) is 12.9. The molecule has 0 saturated carbocycles. The van der Waals surface area contributed by atoms with Crippen LogP contribution in [0.25, 0.3) is 0 Å². The Morgan fingerprint density at radius 3 is 2.25 bits per heavy atom. The van der Waals surface area contributed by atoms with Crippen LogP contribution in [0.15, 0.2) is 85.1 Å². The molecule has 9 nitrogen and oxygen atoms in total. The third kappa shape index (κ3) is 10.3. The highest BCUT2D eigenvalue weighted by atomic mass is 16.2. The van der Waals surface area contributed by atoms with Crippen LogP contribution in [0, 0.1) is 0 Å². The molecule has 2 aromatic carbocycles. The third-order valence-electron chi connectivity index (χ3n) is 8.42. The molecule has 1 aliphatic rings. The van der Waals surface area contributed by atoms with E-state index in [-0.39, 0.29) is 37.4 Å². The highest BCUT2D eigenvalue weighted by molar-refractivity contribution is 5.90. The second-order valence-electron chi connectivity index (χ2n) is 11.6. The largest absolute Gasteiger partial charge is 0.368 e. The van der Waals surface area contributed by atoms with E-state index in [2.05, 4.69) is 51.8 Å². The fraction of sp³-hybridized carbons (Fsp3) is 0.429. The van der Waals surface area contributed by atoms with Crippen LogP contribution in [-0.4, -0.2) is 84.4 Å². The topological polar surface area (TPSA) is 121 Å². The van der Waals surface area contributed by atoms with E-state index in [4.69, 9.17) is 5.73 Å². The predicted molar refractivity (Wildman–Crippen MR) is 173 cm³/mol.